The molecule has 2 aromatic carbocycles. The number of nitrogens with two attached hydrogens (primary N) is 1. The normalized spacial score (nSPS) is 19.0. The summed E-state index contributed by atoms with van der Waals surface area (Å²) in [7, 11) is 0. The van der Waals surface area contributed by atoms with E-state index in [0.29, 0.717) is 25.3 Å². The van der Waals surface area contributed by atoms with Crippen molar-refractivity contribution in [3.63, 3.8) is 0 Å². The second-order valence-corrected chi connectivity index (χ2v) is 7.07. The third-order valence-electron chi connectivity index (χ3n) is 5.22. The Morgan fingerprint density at radius 2 is 1.81 bits per heavy atom. The van der Waals surface area contributed by atoms with Gasteiger partial charge in [0.1, 0.15) is 0 Å². The highest BCUT2D eigenvalue weighted by Gasteiger charge is 2.29. The van der Waals surface area contributed by atoms with E-state index in [1.165, 1.54) is 11.1 Å². The minimum absolute atomic E-state index is 0.0805. The maximum Gasteiger partial charge on any atom is 0.254 e. The zero-order chi connectivity index (χ0) is 18.8. The third kappa shape index (κ3) is 3.66. The van der Waals surface area contributed by atoms with Gasteiger partial charge in [-0.25, -0.2) is 0 Å². The fourth-order valence-electron chi connectivity index (χ4n) is 3.84. The molecule has 2 aliphatic rings. The Balaban J connectivity index is 1.53. The molecule has 0 aromatic heterocycles. The van der Waals surface area contributed by atoms with Gasteiger partial charge in [0, 0.05) is 37.3 Å². The molecule has 2 N–H and O–H groups in total. The van der Waals surface area contributed by atoms with Crippen LogP contribution in [0, 0.1) is 0 Å². The van der Waals surface area contributed by atoms with Crippen LogP contribution in [0.2, 0.25) is 0 Å². The number of anilines is 1. The molecule has 2 amide bonds. The predicted molar refractivity (Wildman–Crippen MR) is 102 cm³/mol. The number of nitrogens with zero attached hydrogens (tertiary/aromatic N) is 2. The summed E-state index contributed by atoms with van der Waals surface area (Å²) in [5.74, 6) is -0.505. The van der Waals surface area contributed by atoms with Crippen LogP contribution in [0.1, 0.15) is 27.9 Å². The smallest absolute Gasteiger partial charge is 0.254 e. The molecule has 1 saturated heterocycles. The van der Waals surface area contributed by atoms with Crippen LogP contribution in [-0.2, 0) is 22.6 Å². The Morgan fingerprint density at radius 1 is 1.07 bits per heavy atom. The molecule has 2 heterocycles. The van der Waals surface area contributed by atoms with Crippen LogP contribution in [0.3, 0.4) is 0 Å². The van der Waals surface area contributed by atoms with Crippen LogP contribution in [-0.4, -0.2) is 42.5 Å². The predicted octanol–water partition coefficient (Wildman–Crippen LogP) is 1.92. The molecule has 0 radical (unpaired) electrons. The Hall–Kier alpha value is -2.86. The minimum atomic E-state index is -0.424. The summed E-state index contributed by atoms with van der Waals surface area (Å²) in [6.45, 7) is 2.97. The Labute approximate surface area is 158 Å². The van der Waals surface area contributed by atoms with Crippen LogP contribution in [0.25, 0.3) is 0 Å². The van der Waals surface area contributed by atoms with Crippen molar-refractivity contribution in [2.24, 2.45) is 5.73 Å². The molecule has 0 saturated carbocycles. The van der Waals surface area contributed by atoms with Gasteiger partial charge in [-0.05, 0) is 29.3 Å². The van der Waals surface area contributed by atoms with Crippen LogP contribution in [0.5, 0.6) is 0 Å². The fourth-order valence-corrected chi connectivity index (χ4v) is 3.84. The molecular weight excluding hydrogens is 342 g/mol. The van der Waals surface area contributed by atoms with Gasteiger partial charge in [0.2, 0.25) is 5.91 Å². The molecule has 1 atom stereocenters. The number of carbonyl (C=O) groups is 2. The maximum absolute atomic E-state index is 13.1. The number of primary amides is 1. The van der Waals surface area contributed by atoms with Gasteiger partial charge in [0.05, 0.1) is 19.3 Å². The molecule has 6 heteroatoms. The molecule has 2 aliphatic heterocycles. The number of fused-ring (bicyclic) bond motifs is 1. The number of benzene rings is 2. The third-order valence-corrected chi connectivity index (χ3v) is 5.22. The van der Waals surface area contributed by atoms with Crippen molar-refractivity contribution in [3.05, 3.63) is 65.2 Å². The van der Waals surface area contributed by atoms with Crippen molar-refractivity contribution in [1.29, 1.82) is 0 Å². The van der Waals surface area contributed by atoms with Gasteiger partial charge in [-0.2, -0.15) is 0 Å². The first-order chi connectivity index (χ1) is 13.1. The van der Waals surface area contributed by atoms with Gasteiger partial charge in [0.15, 0.2) is 0 Å². The van der Waals surface area contributed by atoms with Crippen molar-refractivity contribution in [1.82, 2.24) is 4.90 Å². The van der Waals surface area contributed by atoms with Gasteiger partial charge in [0.25, 0.3) is 5.91 Å². The second kappa shape index (κ2) is 7.40. The van der Waals surface area contributed by atoms with Crippen molar-refractivity contribution >= 4 is 17.5 Å². The molecule has 27 heavy (non-hydrogen) atoms. The van der Waals surface area contributed by atoms with Crippen molar-refractivity contribution in [3.8, 4) is 0 Å². The van der Waals surface area contributed by atoms with E-state index in [1.807, 2.05) is 24.3 Å². The van der Waals surface area contributed by atoms with Crippen LogP contribution in [0.4, 0.5) is 5.69 Å². The molecule has 0 aliphatic carbocycles. The largest absolute Gasteiger partial charge is 0.377 e. The standard InChI is InChI=1S/C21H23N3O3/c22-20(25)11-19-14-27-9-8-24(19)21(26)15-6-3-7-18(10-15)23-12-16-4-1-2-5-17(16)13-23/h1-7,10,19H,8-9,11-14H2,(H2,22,25)/t19-/m1/s1. The lowest BCUT2D eigenvalue weighted by Crippen LogP contribution is -2.50. The summed E-state index contributed by atoms with van der Waals surface area (Å²) < 4.78 is 5.43. The first kappa shape index (κ1) is 17.5. The molecule has 0 spiro atoms. The van der Waals surface area contributed by atoms with Gasteiger partial charge < -0.3 is 20.3 Å². The number of hydrogen-bond acceptors (Lipinski definition) is 4. The lowest BCUT2D eigenvalue weighted by molar-refractivity contribution is -0.120. The minimum Gasteiger partial charge on any atom is -0.377 e. The van der Waals surface area contributed by atoms with Crippen molar-refractivity contribution in [2.45, 2.75) is 25.6 Å². The van der Waals surface area contributed by atoms with Gasteiger partial charge in [-0.3, -0.25) is 9.59 Å². The molecule has 1 fully saturated rings. The molecule has 140 valence electrons. The Morgan fingerprint density at radius 3 is 2.52 bits per heavy atom. The average Bonchev–Trinajstić information content (AvgIpc) is 3.12. The molecular formula is C21H23N3O3. The highest BCUT2D eigenvalue weighted by molar-refractivity contribution is 5.95. The van der Waals surface area contributed by atoms with E-state index in [1.54, 1.807) is 4.90 Å². The van der Waals surface area contributed by atoms with E-state index in [-0.39, 0.29) is 18.4 Å². The highest BCUT2D eigenvalue weighted by atomic mass is 16.5. The highest BCUT2D eigenvalue weighted by Crippen LogP contribution is 2.29. The number of amides is 2. The SMILES string of the molecule is NC(=O)C[C@@H]1COCCN1C(=O)c1cccc(N2Cc3ccccc3C2)c1. The van der Waals surface area contributed by atoms with E-state index in [0.717, 1.165) is 18.8 Å². The number of carbonyl (C=O) groups excluding carboxylic acids is 2. The zero-order valence-corrected chi connectivity index (χ0v) is 15.1. The van der Waals surface area contributed by atoms with E-state index in [4.69, 9.17) is 10.5 Å². The molecule has 0 bridgehead atoms. The summed E-state index contributed by atoms with van der Waals surface area (Å²) in [4.78, 5) is 28.4. The zero-order valence-electron chi connectivity index (χ0n) is 15.1. The first-order valence-corrected chi connectivity index (χ1v) is 9.20. The topological polar surface area (TPSA) is 75.9 Å². The van der Waals surface area contributed by atoms with E-state index < -0.39 is 5.91 Å². The first-order valence-electron chi connectivity index (χ1n) is 9.20. The summed E-state index contributed by atoms with van der Waals surface area (Å²) >= 11 is 0. The van der Waals surface area contributed by atoms with Crippen molar-refractivity contribution < 1.29 is 14.3 Å². The van der Waals surface area contributed by atoms with E-state index in [2.05, 4.69) is 29.2 Å². The number of hydrogen-bond donors (Lipinski definition) is 1. The average molecular weight is 365 g/mol. The van der Waals surface area contributed by atoms with Crippen molar-refractivity contribution in [2.75, 3.05) is 24.7 Å². The van der Waals surface area contributed by atoms with E-state index >= 15 is 0 Å². The number of ether oxygens (including phenoxy) is 1. The summed E-state index contributed by atoms with van der Waals surface area (Å²) in [5, 5.41) is 0. The number of rotatable bonds is 4. The Bertz CT molecular complexity index is 842. The van der Waals surface area contributed by atoms with Gasteiger partial charge in [-0.15, -0.1) is 0 Å². The number of morpholine rings is 1. The molecule has 4 rings (SSSR count). The summed E-state index contributed by atoms with van der Waals surface area (Å²) in [6, 6.07) is 15.8. The molecule has 0 unspecified atom stereocenters. The fraction of sp³-hybridized carbons (Fsp3) is 0.333. The monoisotopic (exact) mass is 365 g/mol. The second-order valence-electron chi connectivity index (χ2n) is 7.07. The van der Waals surface area contributed by atoms with E-state index in [9.17, 15) is 9.59 Å². The van der Waals surface area contributed by atoms with Crippen LogP contribution < -0.4 is 10.6 Å². The summed E-state index contributed by atoms with van der Waals surface area (Å²) in [5.41, 5.74) is 9.63. The molecule has 6 nitrogen and oxygen atoms in total. The van der Waals surface area contributed by atoms with Gasteiger partial charge >= 0.3 is 0 Å². The lowest BCUT2D eigenvalue weighted by atomic mass is 10.1. The quantitative estimate of drug-likeness (QED) is 0.898. The van der Waals surface area contributed by atoms with Crippen LogP contribution in [0.15, 0.2) is 48.5 Å². The Kier molecular flexibility index (Phi) is 4.81. The maximum atomic E-state index is 13.1. The lowest BCUT2D eigenvalue weighted by Gasteiger charge is -2.35. The van der Waals surface area contributed by atoms with Gasteiger partial charge in [-0.1, -0.05) is 30.3 Å². The van der Waals surface area contributed by atoms with Crippen LogP contribution >= 0.6 is 0 Å². The summed E-state index contributed by atoms with van der Waals surface area (Å²) in [6.07, 6.45) is 0.118. The molecule has 2 aromatic rings.